The minimum Gasteiger partial charge on any atom is -0.304 e. The van der Waals surface area contributed by atoms with Gasteiger partial charge in [-0.15, -0.1) is 0 Å². The zero-order valence-corrected chi connectivity index (χ0v) is 15.0. The summed E-state index contributed by atoms with van der Waals surface area (Å²) in [5.74, 6) is -0.587. The van der Waals surface area contributed by atoms with E-state index < -0.39 is 15.8 Å². The van der Waals surface area contributed by atoms with Gasteiger partial charge in [-0.05, 0) is 74.4 Å². The lowest BCUT2D eigenvalue weighted by atomic mass is 10.2. The van der Waals surface area contributed by atoms with Gasteiger partial charge < -0.3 is 4.90 Å². The van der Waals surface area contributed by atoms with Crippen molar-refractivity contribution in [1.82, 2.24) is 9.62 Å². The average Bonchev–Trinajstić information content (AvgIpc) is 2.40. The van der Waals surface area contributed by atoms with Crippen LogP contribution in [-0.4, -0.2) is 39.5 Å². The zero-order valence-electron chi connectivity index (χ0n) is 12.6. The van der Waals surface area contributed by atoms with Crippen LogP contribution in [0.5, 0.6) is 0 Å². The van der Waals surface area contributed by atoms with Crippen LogP contribution in [0.1, 0.15) is 26.7 Å². The summed E-state index contributed by atoms with van der Waals surface area (Å²) in [6.07, 6.45) is 1.65. The molecule has 0 aromatic heterocycles. The third kappa shape index (κ3) is 6.02. The Morgan fingerprint density at radius 3 is 2.57 bits per heavy atom. The van der Waals surface area contributed by atoms with Crippen LogP contribution in [0.4, 0.5) is 4.39 Å². The van der Waals surface area contributed by atoms with E-state index in [0.29, 0.717) is 12.6 Å². The van der Waals surface area contributed by atoms with E-state index in [1.165, 1.54) is 12.1 Å². The van der Waals surface area contributed by atoms with Crippen LogP contribution in [-0.2, 0) is 10.0 Å². The Balaban J connectivity index is 2.45. The van der Waals surface area contributed by atoms with Gasteiger partial charge in [0, 0.05) is 12.6 Å². The molecule has 0 aliphatic carbocycles. The molecule has 0 unspecified atom stereocenters. The Hall–Kier alpha value is -0.500. The highest BCUT2D eigenvalue weighted by atomic mass is 79.9. The van der Waals surface area contributed by atoms with Gasteiger partial charge in [0.1, 0.15) is 5.82 Å². The summed E-state index contributed by atoms with van der Waals surface area (Å²) in [5.41, 5.74) is 0. The van der Waals surface area contributed by atoms with E-state index in [2.05, 4.69) is 39.4 Å². The lowest BCUT2D eigenvalue weighted by Gasteiger charge is -2.20. The molecule has 0 bridgehead atoms. The zero-order chi connectivity index (χ0) is 16.0. The summed E-state index contributed by atoms with van der Waals surface area (Å²) in [6.45, 7) is 5.51. The first-order chi connectivity index (χ1) is 9.74. The standard InChI is InChI=1S/C14H22BrFN2O2S/c1-11(2)18(3)9-5-4-8-17-21(19,20)12-6-7-13(15)14(16)10-12/h6-7,10-11,17H,4-5,8-9H2,1-3H3. The molecule has 0 fully saturated rings. The first-order valence-corrected chi connectivity index (χ1v) is 9.16. The monoisotopic (exact) mass is 380 g/mol. The number of nitrogens with zero attached hydrogens (tertiary/aromatic N) is 1. The molecule has 0 spiro atoms. The Morgan fingerprint density at radius 2 is 2.00 bits per heavy atom. The van der Waals surface area contributed by atoms with E-state index in [4.69, 9.17) is 0 Å². The predicted octanol–water partition coefficient (Wildman–Crippen LogP) is 2.99. The van der Waals surface area contributed by atoms with Crippen molar-refractivity contribution in [3.63, 3.8) is 0 Å². The highest BCUT2D eigenvalue weighted by molar-refractivity contribution is 9.10. The third-order valence-electron chi connectivity index (χ3n) is 3.31. The Morgan fingerprint density at radius 1 is 1.33 bits per heavy atom. The molecule has 7 heteroatoms. The largest absolute Gasteiger partial charge is 0.304 e. The number of halogens is 2. The number of benzene rings is 1. The highest BCUT2D eigenvalue weighted by Gasteiger charge is 2.15. The van der Waals surface area contributed by atoms with Crippen LogP contribution >= 0.6 is 15.9 Å². The maximum Gasteiger partial charge on any atom is 0.240 e. The SMILES string of the molecule is CC(C)N(C)CCCCNS(=O)(=O)c1ccc(Br)c(F)c1. The molecule has 1 aromatic carbocycles. The average molecular weight is 381 g/mol. The van der Waals surface area contributed by atoms with Crippen molar-refractivity contribution in [3.8, 4) is 0 Å². The molecule has 4 nitrogen and oxygen atoms in total. The van der Waals surface area contributed by atoms with Crippen molar-refractivity contribution in [2.24, 2.45) is 0 Å². The van der Waals surface area contributed by atoms with Gasteiger partial charge in [-0.2, -0.15) is 0 Å². The van der Waals surface area contributed by atoms with Gasteiger partial charge in [-0.1, -0.05) is 0 Å². The number of hydrogen-bond acceptors (Lipinski definition) is 3. The van der Waals surface area contributed by atoms with Crippen LogP contribution in [0.3, 0.4) is 0 Å². The van der Waals surface area contributed by atoms with Gasteiger partial charge in [0.15, 0.2) is 0 Å². The summed E-state index contributed by atoms with van der Waals surface area (Å²) < 4.78 is 40.1. The predicted molar refractivity (Wildman–Crippen MR) is 86.3 cm³/mol. The maximum atomic E-state index is 13.4. The second-order valence-electron chi connectivity index (χ2n) is 5.26. The molecule has 0 radical (unpaired) electrons. The number of sulfonamides is 1. The maximum absolute atomic E-state index is 13.4. The first-order valence-electron chi connectivity index (χ1n) is 6.89. The topological polar surface area (TPSA) is 49.4 Å². The molecule has 1 aromatic rings. The lowest BCUT2D eigenvalue weighted by molar-refractivity contribution is 0.268. The fourth-order valence-electron chi connectivity index (χ4n) is 1.68. The first kappa shape index (κ1) is 18.5. The number of rotatable bonds is 8. The number of unbranched alkanes of at least 4 members (excludes halogenated alkanes) is 1. The summed E-state index contributed by atoms with van der Waals surface area (Å²) in [7, 11) is -1.60. The van der Waals surface area contributed by atoms with Crippen LogP contribution in [0.15, 0.2) is 27.6 Å². The molecule has 0 aliphatic rings. The van der Waals surface area contributed by atoms with Crippen LogP contribution in [0.2, 0.25) is 0 Å². The highest BCUT2D eigenvalue weighted by Crippen LogP contribution is 2.19. The van der Waals surface area contributed by atoms with Crippen molar-refractivity contribution in [2.75, 3.05) is 20.1 Å². The van der Waals surface area contributed by atoms with Crippen LogP contribution < -0.4 is 4.72 Å². The van der Waals surface area contributed by atoms with Gasteiger partial charge in [0.05, 0.1) is 9.37 Å². The van der Waals surface area contributed by atoms with Gasteiger partial charge in [-0.3, -0.25) is 0 Å². The minimum atomic E-state index is -3.64. The van der Waals surface area contributed by atoms with Crippen molar-refractivity contribution in [2.45, 2.75) is 37.6 Å². The van der Waals surface area contributed by atoms with Crippen molar-refractivity contribution < 1.29 is 12.8 Å². The van der Waals surface area contributed by atoms with E-state index in [0.717, 1.165) is 25.5 Å². The van der Waals surface area contributed by atoms with Crippen LogP contribution in [0, 0.1) is 5.82 Å². The van der Waals surface area contributed by atoms with Gasteiger partial charge >= 0.3 is 0 Å². The third-order valence-corrected chi connectivity index (χ3v) is 5.41. The van der Waals surface area contributed by atoms with Crippen molar-refractivity contribution in [3.05, 3.63) is 28.5 Å². The van der Waals surface area contributed by atoms with Gasteiger partial charge in [0.2, 0.25) is 10.0 Å². The van der Waals surface area contributed by atoms with Crippen LogP contribution in [0.25, 0.3) is 0 Å². The summed E-state index contributed by atoms with van der Waals surface area (Å²) in [5, 5.41) is 0. The second kappa shape index (κ2) is 8.22. The quantitative estimate of drug-likeness (QED) is 0.705. The molecule has 1 N–H and O–H groups in total. The molecule has 0 saturated carbocycles. The van der Waals surface area contributed by atoms with E-state index in [1.807, 2.05) is 7.05 Å². The van der Waals surface area contributed by atoms with E-state index in [9.17, 15) is 12.8 Å². The fourth-order valence-corrected chi connectivity index (χ4v) is 3.01. The fraction of sp³-hybridized carbons (Fsp3) is 0.571. The Bertz CT molecular complexity index is 564. The van der Waals surface area contributed by atoms with Gasteiger partial charge in [0.25, 0.3) is 0 Å². The summed E-state index contributed by atoms with van der Waals surface area (Å²) in [6, 6.07) is 4.26. The molecule has 21 heavy (non-hydrogen) atoms. The van der Waals surface area contributed by atoms with Crippen molar-refractivity contribution >= 4 is 26.0 Å². The van der Waals surface area contributed by atoms with E-state index >= 15 is 0 Å². The second-order valence-corrected chi connectivity index (χ2v) is 7.88. The Kier molecular flexibility index (Phi) is 7.26. The lowest BCUT2D eigenvalue weighted by Crippen LogP contribution is -2.29. The molecular formula is C14H22BrFN2O2S. The van der Waals surface area contributed by atoms with E-state index in [-0.39, 0.29) is 9.37 Å². The molecule has 120 valence electrons. The molecule has 0 aliphatic heterocycles. The van der Waals surface area contributed by atoms with Gasteiger partial charge in [-0.25, -0.2) is 17.5 Å². The molecule has 1 rings (SSSR count). The molecule has 0 atom stereocenters. The molecule has 0 amide bonds. The summed E-state index contributed by atoms with van der Waals surface area (Å²) in [4.78, 5) is 2.15. The molecule has 0 heterocycles. The number of nitrogens with one attached hydrogen (secondary N) is 1. The normalized spacial score (nSPS) is 12.3. The Labute approximate surface area is 134 Å². The summed E-state index contributed by atoms with van der Waals surface area (Å²) >= 11 is 3.00. The minimum absolute atomic E-state index is 0.0532. The molecule has 0 saturated heterocycles. The molecular weight excluding hydrogens is 359 g/mol. The smallest absolute Gasteiger partial charge is 0.240 e. The number of hydrogen-bond donors (Lipinski definition) is 1. The van der Waals surface area contributed by atoms with Crippen molar-refractivity contribution in [1.29, 1.82) is 0 Å². The van der Waals surface area contributed by atoms with E-state index in [1.54, 1.807) is 0 Å².